The summed E-state index contributed by atoms with van der Waals surface area (Å²) >= 11 is 3.34. The number of thiophene rings is 1. The molecule has 1 aromatic heterocycles. The number of nitrogens with one attached hydrogen (secondary N) is 1. The van der Waals surface area contributed by atoms with E-state index in [-0.39, 0.29) is 23.2 Å². The molecule has 3 aliphatic heterocycles. The van der Waals surface area contributed by atoms with Crippen LogP contribution in [0.2, 0.25) is 0 Å². The topological polar surface area (TPSA) is 58.6 Å². The number of hydrogen-bond donors (Lipinski definition) is 1. The van der Waals surface area contributed by atoms with E-state index in [2.05, 4.69) is 5.32 Å². The molecule has 1 amide bonds. The molecule has 0 radical (unpaired) electrons. The lowest BCUT2D eigenvalue weighted by atomic mass is 9.84. The van der Waals surface area contributed by atoms with E-state index >= 15 is 0 Å². The minimum atomic E-state index is -0.347. The molecule has 0 spiro atoms. The molecule has 1 aromatic rings. The van der Waals surface area contributed by atoms with Gasteiger partial charge >= 0.3 is 5.97 Å². The molecule has 126 valence electrons. The van der Waals surface area contributed by atoms with Crippen molar-refractivity contribution in [3.8, 4) is 0 Å². The molecule has 7 heteroatoms. The van der Waals surface area contributed by atoms with E-state index in [9.17, 15) is 9.59 Å². The molecule has 2 atom stereocenters. The van der Waals surface area contributed by atoms with E-state index < -0.39 is 0 Å². The van der Waals surface area contributed by atoms with Crippen LogP contribution in [0.1, 0.15) is 24.6 Å². The Kier molecular flexibility index (Phi) is 3.92. The molecule has 3 aliphatic rings. The number of rotatable bonds is 3. The van der Waals surface area contributed by atoms with Crippen molar-refractivity contribution in [1.82, 2.24) is 10.2 Å². The molecule has 1 N–H and O–H groups in total. The predicted octanol–water partition coefficient (Wildman–Crippen LogP) is 2.44. The number of carbonyl (C=O) groups is 2. The summed E-state index contributed by atoms with van der Waals surface area (Å²) < 4.78 is 5.27. The standard InChI is InChI=1S/C17H18N2O3S2/c1-3-22-17(21)11-9(2)18-14-13(12(11)10-5-4-7-23-10)15(20)19-6-8-24-16(14)19/h4-5,7,12,16,18H,3,6,8H2,1-2H3/t12-,16+/m0/s1. The monoisotopic (exact) mass is 362 g/mol. The number of allylic oxidation sites excluding steroid dienone is 1. The van der Waals surface area contributed by atoms with Gasteiger partial charge < -0.3 is 15.0 Å². The summed E-state index contributed by atoms with van der Waals surface area (Å²) in [7, 11) is 0. The van der Waals surface area contributed by atoms with Crippen LogP contribution in [0.3, 0.4) is 0 Å². The van der Waals surface area contributed by atoms with Crippen molar-refractivity contribution in [2.45, 2.75) is 25.1 Å². The number of nitrogens with zero attached hydrogens (tertiary/aromatic N) is 1. The number of amides is 1. The van der Waals surface area contributed by atoms with Crippen LogP contribution in [-0.2, 0) is 14.3 Å². The minimum Gasteiger partial charge on any atom is -0.463 e. The van der Waals surface area contributed by atoms with Crippen LogP contribution in [0.25, 0.3) is 0 Å². The highest BCUT2D eigenvalue weighted by atomic mass is 32.2. The number of carbonyl (C=O) groups excluding carboxylic acids is 2. The third-order valence-corrected chi connectivity index (χ3v) is 6.71. The predicted molar refractivity (Wildman–Crippen MR) is 94.5 cm³/mol. The van der Waals surface area contributed by atoms with Gasteiger partial charge in [0.05, 0.1) is 29.4 Å². The number of ether oxygens (including phenoxy) is 1. The summed E-state index contributed by atoms with van der Waals surface area (Å²) in [4.78, 5) is 28.5. The molecule has 0 aliphatic carbocycles. The third kappa shape index (κ3) is 2.22. The normalized spacial score (nSPS) is 25.8. The smallest absolute Gasteiger partial charge is 0.336 e. The van der Waals surface area contributed by atoms with Crippen LogP contribution >= 0.6 is 23.1 Å². The summed E-state index contributed by atoms with van der Waals surface area (Å²) in [6.07, 6.45) is 0. The van der Waals surface area contributed by atoms with Gasteiger partial charge in [-0.25, -0.2) is 4.79 Å². The Bertz CT molecular complexity index is 767. The maximum Gasteiger partial charge on any atom is 0.336 e. The van der Waals surface area contributed by atoms with Gasteiger partial charge in [-0.15, -0.1) is 23.1 Å². The van der Waals surface area contributed by atoms with Gasteiger partial charge in [0.1, 0.15) is 5.37 Å². The fourth-order valence-corrected chi connectivity index (χ4v) is 5.68. The molecule has 4 rings (SSSR count). The molecular weight excluding hydrogens is 344 g/mol. The van der Waals surface area contributed by atoms with Crippen molar-refractivity contribution in [3.63, 3.8) is 0 Å². The van der Waals surface area contributed by atoms with E-state index in [4.69, 9.17) is 4.74 Å². The van der Waals surface area contributed by atoms with Crippen molar-refractivity contribution in [3.05, 3.63) is 44.9 Å². The van der Waals surface area contributed by atoms with Gasteiger partial charge in [-0.1, -0.05) is 6.07 Å². The van der Waals surface area contributed by atoms with E-state index in [1.807, 2.05) is 29.3 Å². The summed E-state index contributed by atoms with van der Waals surface area (Å²) in [5, 5.41) is 5.37. The zero-order chi connectivity index (χ0) is 16.8. The Balaban J connectivity index is 1.84. The van der Waals surface area contributed by atoms with Gasteiger partial charge in [0, 0.05) is 22.9 Å². The lowest BCUT2D eigenvalue weighted by molar-refractivity contribution is -0.138. The molecular formula is C17H18N2O3S2. The molecule has 5 nitrogen and oxygen atoms in total. The highest BCUT2D eigenvalue weighted by Crippen LogP contribution is 2.48. The number of dihydropyridines is 1. The molecule has 4 heterocycles. The maximum absolute atomic E-state index is 13.0. The zero-order valence-electron chi connectivity index (χ0n) is 13.5. The summed E-state index contributed by atoms with van der Waals surface area (Å²) in [5.74, 6) is 0.311. The molecule has 0 aromatic carbocycles. The molecule has 0 saturated carbocycles. The largest absolute Gasteiger partial charge is 0.463 e. The van der Waals surface area contributed by atoms with Gasteiger partial charge in [0.15, 0.2) is 0 Å². The van der Waals surface area contributed by atoms with Crippen molar-refractivity contribution in [2.24, 2.45) is 0 Å². The van der Waals surface area contributed by atoms with E-state index in [0.717, 1.165) is 28.6 Å². The number of thioether (sulfide) groups is 1. The van der Waals surface area contributed by atoms with Gasteiger partial charge in [-0.2, -0.15) is 0 Å². The SMILES string of the molecule is CCOC(=O)C1=C(C)NC2=C(C(=O)N3CCS[C@H]23)[C@H]1c1cccs1. The summed E-state index contributed by atoms with van der Waals surface area (Å²) in [5.41, 5.74) is 3.00. The molecule has 24 heavy (non-hydrogen) atoms. The van der Waals surface area contributed by atoms with Crippen LogP contribution in [0, 0.1) is 0 Å². The van der Waals surface area contributed by atoms with Crippen LogP contribution in [0.5, 0.6) is 0 Å². The Morgan fingerprint density at radius 3 is 3.04 bits per heavy atom. The Hall–Kier alpha value is -1.73. The first-order chi connectivity index (χ1) is 11.6. The van der Waals surface area contributed by atoms with Crippen LogP contribution in [-0.4, -0.2) is 41.1 Å². The average Bonchev–Trinajstić information content (AvgIpc) is 3.27. The highest BCUT2D eigenvalue weighted by molar-refractivity contribution is 8.00. The molecule has 1 fully saturated rings. The number of esters is 1. The lowest BCUT2D eigenvalue weighted by Gasteiger charge is -2.28. The first kappa shape index (κ1) is 15.8. The number of fused-ring (bicyclic) bond motifs is 2. The zero-order valence-corrected chi connectivity index (χ0v) is 15.1. The quantitative estimate of drug-likeness (QED) is 0.837. The highest BCUT2D eigenvalue weighted by Gasteiger charge is 2.49. The molecule has 0 bridgehead atoms. The second kappa shape index (κ2) is 5.97. The van der Waals surface area contributed by atoms with Gasteiger partial charge in [-0.3, -0.25) is 4.79 Å². The average molecular weight is 362 g/mol. The van der Waals surface area contributed by atoms with E-state index in [1.54, 1.807) is 30.0 Å². The van der Waals surface area contributed by atoms with Crippen molar-refractivity contribution in [2.75, 3.05) is 18.9 Å². The third-order valence-electron chi connectivity index (χ3n) is 4.55. The fraction of sp³-hybridized carbons (Fsp3) is 0.412. The first-order valence-electron chi connectivity index (χ1n) is 7.98. The Morgan fingerprint density at radius 2 is 2.33 bits per heavy atom. The van der Waals surface area contributed by atoms with Gasteiger partial charge in [0.25, 0.3) is 5.91 Å². The van der Waals surface area contributed by atoms with Crippen molar-refractivity contribution in [1.29, 1.82) is 0 Å². The second-order valence-electron chi connectivity index (χ2n) is 5.88. The van der Waals surface area contributed by atoms with Gasteiger partial charge in [-0.05, 0) is 25.3 Å². The van der Waals surface area contributed by atoms with Gasteiger partial charge in [0.2, 0.25) is 0 Å². The fourth-order valence-electron chi connectivity index (χ4n) is 3.58. The van der Waals surface area contributed by atoms with Crippen molar-refractivity contribution < 1.29 is 14.3 Å². The number of hydrogen-bond acceptors (Lipinski definition) is 6. The Morgan fingerprint density at radius 1 is 1.50 bits per heavy atom. The summed E-state index contributed by atoms with van der Waals surface area (Å²) in [6.45, 7) is 4.76. The maximum atomic E-state index is 13.0. The Labute approximate surface area is 148 Å². The first-order valence-corrected chi connectivity index (χ1v) is 9.91. The lowest BCUT2D eigenvalue weighted by Crippen LogP contribution is -2.31. The minimum absolute atomic E-state index is 0.0419. The van der Waals surface area contributed by atoms with E-state index in [0.29, 0.717) is 17.8 Å². The van der Waals surface area contributed by atoms with Crippen molar-refractivity contribution >= 4 is 35.0 Å². The summed E-state index contributed by atoms with van der Waals surface area (Å²) in [6, 6.07) is 3.94. The van der Waals surface area contributed by atoms with Crippen LogP contribution in [0.15, 0.2) is 40.1 Å². The van der Waals surface area contributed by atoms with Crippen LogP contribution < -0.4 is 5.32 Å². The second-order valence-corrected chi connectivity index (χ2v) is 8.05. The van der Waals surface area contributed by atoms with Crippen LogP contribution in [0.4, 0.5) is 0 Å². The van der Waals surface area contributed by atoms with E-state index in [1.165, 1.54) is 0 Å². The molecule has 1 saturated heterocycles. The molecule has 0 unspecified atom stereocenters.